The van der Waals surface area contributed by atoms with Gasteiger partial charge >= 0.3 is 0 Å². The maximum Gasteiger partial charge on any atom is 0.136 e. The molecular weight excluding hydrogens is 124 g/mol. The molecule has 0 fully saturated rings. The first-order valence-electron chi connectivity index (χ1n) is 3.98. The van der Waals surface area contributed by atoms with Crippen LogP contribution in [0.5, 0.6) is 0 Å². The third kappa shape index (κ3) is 1.98. The van der Waals surface area contributed by atoms with Crippen LogP contribution >= 0.6 is 0 Å². The minimum atomic E-state index is 0. The predicted molar refractivity (Wildman–Crippen MR) is 43.9 cm³/mol. The van der Waals surface area contributed by atoms with Gasteiger partial charge in [0.05, 0.1) is 0 Å². The van der Waals surface area contributed by atoms with Gasteiger partial charge in [0, 0.05) is 7.34 Å². The van der Waals surface area contributed by atoms with Crippen LogP contribution < -0.4 is 0 Å². The van der Waals surface area contributed by atoms with Crippen molar-refractivity contribution >= 4 is 5.78 Å². The van der Waals surface area contributed by atoms with E-state index in [2.05, 4.69) is 12.2 Å². The Morgan fingerprint density at radius 2 is 2.40 bits per heavy atom. The van der Waals surface area contributed by atoms with Gasteiger partial charge in [-0.15, -0.1) is 0 Å². The molecule has 0 spiro atoms. The van der Waals surface area contributed by atoms with Gasteiger partial charge in [-0.25, -0.2) is 0 Å². The average molecular weight is 140 g/mol. The number of Topliss-reactive ketones (excluding diaryl/α,β-unsaturated/α-hetero) is 1. The molecule has 1 unspecified atom stereocenters. The Morgan fingerprint density at radius 3 is 3.10 bits per heavy atom. The first-order valence-corrected chi connectivity index (χ1v) is 3.98. The molecular formula is C9H16O. The monoisotopic (exact) mass is 140 g/mol. The van der Waals surface area contributed by atoms with Crippen molar-refractivity contribution in [1.82, 2.24) is 0 Å². The highest BCUT2D eigenvalue weighted by Crippen LogP contribution is 2.17. The number of hydrogen-bond acceptors (Lipinski definition) is 1. The minimum absolute atomic E-state index is 0. The van der Waals surface area contributed by atoms with E-state index < -0.39 is 0 Å². The van der Waals surface area contributed by atoms with Gasteiger partial charge in [-0.2, -0.15) is 0 Å². The number of rotatable bonds is 1. The van der Waals surface area contributed by atoms with Crippen LogP contribution in [0.25, 0.3) is 0 Å². The topological polar surface area (TPSA) is 17.1 Å². The summed E-state index contributed by atoms with van der Waals surface area (Å²) in [6.07, 6.45) is 8.88. The zero-order chi connectivity index (χ0) is 7.40. The summed E-state index contributed by atoms with van der Waals surface area (Å²) in [7, 11) is 0. The Kier molecular flexibility index (Phi) is 2.67. The van der Waals surface area contributed by atoms with Gasteiger partial charge in [0.2, 0.25) is 0 Å². The quantitative estimate of drug-likeness (QED) is 0.511. The average Bonchev–Trinajstić information content (AvgIpc) is 2.12. The molecule has 0 aromatic rings. The number of carbonyl (C=O) groups is 1. The molecule has 0 bridgehead atoms. The number of ketones is 1. The van der Waals surface area contributed by atoms with Crippen LogP contribution in [0.15, 0.2) is 12.2 Å². The van der Waals surface area contributed by atoms with Crippen molar-refractivity contribution in [3.05, 3.63) is 12.2 Å². The molecule has 1 nitrogen and oxygen atoms in total. The highest BCUT2D eigenvalue weighted by Gasteiger charge is 2.10. The second-order valence-corrected chi connectivity index (χ2v) is 2.93. The molecule has 0 aliphatic heterocycles. The molecule has 0 saturated heterocycles. The molecule has 0 aromatic heterocycles. The first-order chi connectivity index (χ1) is 4.80. The lowest BCUT2D eigenvalue weighted by molar-refractivity contribution is -0.119. The molecule has 1 aliphatic carbocycles. The summed E-state index contributed by atoms with van der Waals surface area (Å²) in [5.41, 5.74) is 0. The van der Waals surface area contributed by atoms with Crippen molar-refractivity contribution in [2.45, 2.75) is 32.6 Å². The Bertz CT molecular complexity index is 152. The minimum Gasteiger partial charge on any atom is -0.299 e. The van der Waals surface area contributed by atoms with Crippen LogP contribution in [0.1, 0.15) is 34.0 Å². The molecule has 1 heteroatoms. The highest BCUT2D eigenvalue weighted by atomic mass is 16.1. The van der Waals surface area contributed by atoms with E-state index in [-0.39, 0.29) is 7.34 Å². The zero-order valence-electron chi connectivity index (χ0n) is 6.47. The number of carbonyl (C=O) groups excluding carboxylic acids is 1. The first kappa shape index (κ1) is 7.52. The van der Waals surface area contributed by atoms with E-state index in [1.54, 1.807) is 6.92 Å². The maximum absolute atomic E-state index is 10.9. The Morgan fingerprint density at radius 1 is 1.60 bits per heavy atom. The summed E-state index contributed by atoms with van der Waals surface area (Å²) >= 11 is 0. The summed E-state index contributed by atoms with van der Waals surface area (Å²) in [6.45, 7) is 1.68. The van der Waals surface area contributed by atoms with Crippen LogP contribution in [0.4, 0.5) is 0 Å². The molecule has 0 saturated carbocycles. The fraction of sp³-hybridized carbons (Fsp3) is 0.667. The van der Waals surface area contributed by atoms with Gasteiger partial charge < -0.3 is 0 Å². The summed E-state index contributed by atoms with van der Waals surface area (Å²) in [5.74, 6) is 0.542. The summed E-state index contributed by atoms with van der Waals surface area (Å²) < 4.78 is 0. The molecule has 0 aromatic carbocycles. The summed E-state index contributed by atoms with van der Waals surface area (Å²) in [6, 6.07) is 0. The van der Waals surface area contributed by atoms with Crippen LogP contribution in [0.2, 0.25) is 0 Å². The summed E-state index contributed by atoms with van der Waals surface area (Å²) in [5, 5.41) is 0. The Hall–Kier alpha value is -0.590. The molecule has 0 N–H and O–H groups in total. The third-order valence-electron chi connectivity index (χ3n) is 2.03. The molecule has 58 valence electrons. The van der Waals surface area contributed by atoms with E-state index in [1.165, 1.54) is 12.8 Å². The van der Waals surface area contributed by atoms with E-state index in [4.69, 9.17) is 0 Å². The van der Waals surface area contributed by atoms with Crippen molar-refractivity contribution in [3.63, 3.8) is 0 Å². The third-order valence-corrected chi connectivity index (χ3v) is 2.03. The fourth-order valence-electron chi connectivity index (χ4n) is 1.32. The van der Waals surface area contributed by atoms with Crippen LogP contribution in [0.3, 0.4) is 0 Å². The maximum atomic E-state index is 10.9. The molecule has 0 radical (unpaired) electrons. The van der Waals surface area contributed by atoms with Gasteiger partial charge in [-0.1, -0.05) is 18.6 Å². The van der Waals surface area contributed by atoms with E-state index in [0.29, 0.717) is 5.78 Å². The second kappa shape index (κ2) is 3.55. The molecule has 0 amide bonds. The Balaban J connectivity index is 0.000001000. The van der Waals surface area contributed by atoms with E-state index in [0.717, 1.165) is 12.8 Å². The van der Waals surface area contributed by atoms with E-state index >= 15 is 0 Å². The van der Waals surface area contributed by atoms with Gasteiger partial charge in [-0.05, 0) is 26.2 Å². The SMILES string of the molecule is CC(=O)C1C=CCCCC1.[HH]. The Labute approximate surface area is 63.6 Å². The predicted octanol–water partition coefficient (Wildman–Crippen LogP) is 2.57. The smallest absolute Gasteiger partial charge is 0.136 e. The molecule has 1 rings (SSSR count). The highest BCUT2D eigenvalue weighted by molar-refractivity contribution is 5.80. The van der Waals surface area contributed by atoms with Crippen molar-refractivity contribution in [2.24, 2.45) is 5.92 Å². The lowest BCUT2D eigenvalue weighted by Crippen LogP contribution is -2.06. The van der Waals surface area contributed by atoms with Gasteiger partial charge in [-0.3, -0.25) is 4.79 Å². The van der Waals surface area contributed by atoms with Crippen LogP contribution in [-0.2, 0) is 4.79 Å². The van der Waals surface area contributed by atoms with Crippen molar-refractivity contribution in [3.8, 4) is 0 Å². The van der Waals surface area contributed by atoms with Gasteiger partial charge in [0.1, 0.15) is 5.78 Å². The van der Waals surface area contributed by atoms with E-state index in [1.807, 2.05) is 0 Å². The lowest BCUT2D eigenvalue weighted by Gasteiger charge is -2.03. The fourth-order valence-corrected chi connectivity index (χ4v) is 1.32. The zero-order valence-corrected chi connectivity index (χ0v) is 6.47. The summed E-state index contributed by atoms with van der Waals surface area (Å²) in [4.78, 5) is 10.9. The second-order valence-electron chi connectivity index (χ2n) is 2.93. The van der Waals surface area contributed by atoms with Crippen LogP contribution in [-0.4, -0.2) is 5.78 Å². The standard InChI is InChI=1S/C9H14O.H2/c1-8(10)9-6-4-2-3-5-7-9;/h4,6,9H,2-3,5,7H2,1H3;1H. The van der Waals surface area contributed by atoms with Gasteiger partial charge in [0.25, 0.3) is 0 Å². The largest absolute Gasteiger partial charge is 0.299 e. The molecule has 10 heavy (non-hydrogen) atoms. The van der Waals surface area contributed by atoms with Gasteiger partial charge in [0.15, 0.2) is 0 Å². The normalized spacial score (nSPS) is 25.9. The molecule has 1 aliphatic rings. The lowest BCUT2D eigenvalue weighted by atomic mass is 10.0. The van der Waals surface area contributed by atoms with E-state index in [9.17, 15) is 4.79 Å². The van der Waals surface area contributed by atoms with Crippen molar-refractivity contribution in [2.75, 3.05) is 0 Å². The van der Waals surface area contributed by atoms with Crippen molar-refractivity contribution in [1.29, 1.82) is 0 Å². The van der Waals surface area contributed by atoms with Crippen molar-refractivity contribution < 1.29 is 6.22 Å². The van der Waals surface area contributed by atoms with Crippen LogP contribution in [0, 0.1) is 5.92 Å². The molecule has 1 atom stereocenters. The molecule has 0 heterocycles. The number of hydrogen-bond donors (Lipinski definition) is 0. The number of allylic oxidation sites excluding steroid dienone is 2.